The molecule has 0 saturated heterocycles. The third-order valence-electron chi connectivity index (χ3n) is 5.82. The van der Waals surface area contributed by atoms with Gasteiger partial charge in [-0.1, -0.05) is 24.3 Å². The number of carbonyl (C=O) groups excluding carboxylic acids is 2. The normalized spacial score (nSPS) is 19.1. The van der Waals surface area contributed by atoms with Crippen molar-refractivity contribution < 1.29 is 19.1 Å². The summed E-state index contributed by atoms with van der Waals surface area (Å²) in [4.78, 5) is 32.2. The number of rotatable bonds is 4. The summed E-state index contributed by atoms with van der Waals surface area (Å²) in [6.45, 7) is 0.544. The van der Waals surface area contributed by atoms with Crippen molar-refractivity contribution in [2.45, 2.75) is 18.5 Å². The van der Waals surface area contributed by atoms with Gasteiger partial charge in [0.1, 0.15) is 0 Å². The number of hydrogen-bond acceptors (Lipinski definition) is 5. The first-order chi connectivity index (χ1) is 15.1. The van der Waals surface area contributed by atoms with E-state index < -0.39 is 12.0 Å². The fourth-order valence-corrected chi connectivity index (χ4v) is 4.27. The zero-order chi connectivity index (χ0) is 21.4. The maximum atomic E-state index is 13.5. The Balaban J connectivity index is 1.54. The second-order valence-electron chi connectivity index (χ2n) is 7.61. The average molecular weight is 415 g/mol. The summed E-state index contributed by atoms with van der Waals surface area (Å²) in [7, 11) is 1.73. The maximum absolute atomic E-state index is 13.5. The topological polar surface area (TPSA) is 80.8 Å². The SMILES string of the molecule is CN1C(=O)c2ccccc2[C@@H](C(=O)NCc2ccncc2)[C@@H]1c1ccc2c(c1)OCO2. The lowest BCUT2D eigenvalue weighted by molar-refractivity contribution is -0.124. The van der Waals surface area contributed by atoms with E-state index in [1.54, 1.807) is 30.4 Å². The Morgan fingerprint density at radius 2 is 1.87 bits per heavy atom. The molecule has 0 unspecified atom stereocenters. The van der Waals surface area contributed by atoms with Crippen molar-refractivity contribution in [3.8, 4) is 11.5 Å². The van der Waals surface area contributed by atoms with Crippen LogP contribution in [0.2, 0.25) is 0 Å². The first-order valence-corrected chi connectivity index (χ1v) is 10.1. The van der Waals surface area contributed by atoms with Crippen molar-refractivity contribution in [2.75, 3.05) is 13.8 Å². The van der Waals surface area contributed by atoms with E-state index in [-0.39, 0.29) is 18.6 Å². The molecule has 2 aromatic carbocycles. The monoisotopic (exact) mass is 415 g/mol. The van der Waals surface area contributed by atoms with Gasteiger partial charge in [-0.25, -0.2) is 0 Å². The Kier molecular flexibility index (Phi) is 4.78. The van der Waals surface area contributed by atoms with E-state index in [2.05, 4.69) is 10.3 Å². The number of aromatic nitrogens is 1. The largest absolute Gasteiger partial charge is 0.454 e. The van der Waals surface area contributed by atoms with Gasteiger partial charge in [0.25, 0.3) is 5.91 Å². The van der Waals surface area contributed by atoms with Crippen LogP contribution in [0.25, 0.3) is 0 Å². The summed E-state index contributed by atoms with van der Waals surface area (Å²) in [5.41, 5.74) is 3.04. The summed E-state index contributed by atoms with van der Waals surface area (Å²) in [6, 6.07) is 16.1. The minimum Gasteiger partial charge on any atom is -0.454 e. The van der Waals surface area contributed by atoms with Crippen LogP contribution in [-0.4, -0.2) is 35.5 Å². The number of carbonyl (C=O) groups is 2. The number of nitrogens with zero attached hydrogens (tertiary/aromatic N) is 2. The van der Waals surface area contributed by atoms with Crippen molar-refractivity contribution >= 4 is 11.8 Å². The van der Waals surface area contributed by atoms with E-state index in [1.807, 2.05) is 48.5 Å². The van der Waals surface area contributed by atoms with E-state index in [1.165, 1.54) is 0 Å². The number of likely N-dealkylation sites (N-methyl/N-ethyl adjacent to an activating group) is 1. The van der Waals surface area contributed by atoms with Crippen LogP contribution in [0, 0.1) is 0 Å². The van der Waals surface area contributed by atoms with Gasteiger partial charge in [-0.05, 0) is 47.0 Å². The quantitative estimate of drug-likeness (QED) is 0.709. The van der Waals surface area contributed by atoms with Gasteiger partial charge in [-0.2, -0.15) is 0 Å². The molecule has 156 valence electrons. The van der Waals surface area contributed by atoms with Gasteiger partial charge in [-0.15, -0.1) is 0 Å². The second kappa shape index (κ2) is 7.75. The molecule has 3 heterocycles. The molecule has 2 atom stereocenters. The Labute approximate surface area is 179 Å². The molecule has 2 amide bonds. The summed E-state index contributed by atoms with van der Waals surface area (Å²) in [5.74, 6) is 0.449. The lowest BCUT2D eigenvalue weighted by Crippen LogP contribution is -2.45. The van der Waals surface area contributed by atoms with E-state index in [0.29, 0.717) is 23.6 Å². The molecular formula is C24H21N3O4. The van der Waals surface area contributed by atoms with Crippen LogP contribution in [-0.2, 0) is 11.3 Å². The van der Waals surface area contributed by atoms with Crippen LogP contribution in [0.5, 0.6) is 11.5 Å². The molecule has 0 spiro atoms. The molecule has 7 heteroatoms. The van der Waals surface area contributed by atoms with Crippen LogP contribution in [0.15, 0.2) is 67.0 Å². The van der Waals surface area contributed by atoms with Gasteiger partial charge in [0.05, 0.1) is 12.0 Å². The number of pyridine rings is 1. The molecule has 0 bridgehead atoms. The van der Waals surface area contributed by atoms with Crippen LogP contribution in [0.4, 0.5) is 0 Å². The van der Waals surface area contributed by atoms with Gasteiger partial charge in [0.2, 0.25) is 12.7 Å². The lowest BCUT2D eigenvalue weighted by atomic mass is 9.79. The standard InChI is InChI=1S/C24H21N3O4/c1-27-22(16-6-7-19-20(12-16)31-14-30-19)21(17-4-2-3-5-18(17)24(27)29)23(28)26-13-15-8-10-25-11-9-15/h2-12,21-22H,13-14H2,1H3,(H,26,28)/t21-,22+/m1/s1. The highest BCUT2D eigenvalue weighted by Crippen LogP contribution is 2.44. The van der Waals surface area contributed by atoms with Gasteiger partial charge in [-0.3, -0.25) is 14.6 Å². The Bertz CT molecular complexity index is 1150. The van der Waals surface area contributed by atoms with Gasteiger partial charge in [0.15, 0.2) is 11.5 Å². The fraction of sp³-hybridized carbons (Fsp3) is 0.208. The molecule has 0 fully saturated rings. The molecule has 2 aliphatic rings. The molecule has 2 aliphatic heterocycles. The highest BCUT2D eigenvalue weighted by molar-refractivity contribution is 6.01. The van der Waals surface area contributed by atoms with Crippen LogP contribution >= 0.6 is 0 Å². The summed E-state index contributed by atoms with van der Waals surface area (Å²) < 4.78 is 11.0. The maximum Gasteiger partial charge on any atom is 0.254 e. The van der Waals surface area contributed by atoms with Crippen LogP contribution in [0.1, 0.15) is 39.0 Å². The minimum atomic E-state index is -0.568. The molecule has 5 rings (SSSR count). The molecule has 0 saturated carbocycles. The molecule has 0 radical (unpaired) electrons. The summed E-state index contributed by atoms with van der Waals surface area (Å²) in [6.07, 6.45) is 3.39. The smallest absolute Gasteiger partial charge is 0.254 e. The van der Waals surface area contributed by atoms with E-state index >= 15 is 0 Å². The highest BCUT2D eigenvalue weighted by atomic mass is 16.7. The number of amides is 2. The zero-order valence-corrected chi connectivity index (χ0v) is 16.9. The highest BCUT2D eigenvalue weighted by Gasteiger charge is 2.42. The number of fused-ring (bicyclic) bond motifs is 2. The fourth-order valence-electron chi connectivity index (χ4n) is 4.27. The predicted octanol–water partition coefficient (Wildman–Crippen LogP) is 3.04. The molecular weight excluding hydrogens is 394 g/mol. The van der Waals surface area contributed by atoms with E-state index in [0.717, 1.165) is 16.7 Å². The Morgan fingerprint density at radius 1 is 1.10 bits per heavy atom. The number of nitrogens with one attached hydrogen (secondary N) is 1. The number of hydrogen-bond donors (Lipinski definition) is 1. The molecule has 3 aromatic rings. The molecule has 1 N–H and O–H groups in total. The first-order valence-electron chi connectivity index (χ1n) is 10.1. The number of ether oxygens (including phenoxy) is 2. The van der Waals surface area contributed by atoms with Crippen LogP contribution in [0.3, 0.4) is 0 Å². The number of benzene rings is 2. The van der Waals surface area contributed by atoms with Crippen molar-refractivity contribution in [3.05, 3.63) is 89.2 Å². The first kappa shape index (κ1) is 19.1. The summed E-state index contributed by atoms with van der Waals surface area (Å²) >= 11 is 0. The third-order valence-corrected chi connectivity index (χ3v) is 5.82. The predicted molar refractivity (Wildman–Crippen MR) is 113 cm³/mol. The minimum absolute atomic E-state index is 0.114. The van der Waals surface area contributed by atoms with Gasteiger partial charge < -0.3 is 19.7 Å². The zero-order valence-electron chi connectivity index (χ0n) is 16.9. The Hall–Kier alpha value is -3.87. The molecule has 1 aromatic heterocycles. The van der Waals surface area contributed by atoms with E-state index in [9.17, 15) is 9.59 Å². The van der Waals surface area contributed by atoms with Crippen molar-refractivity contribution in [2.24, 2.45) is 0 Å². The lowest BCUT2D eigenvalue weighted by Gasteiger charge is -2.39. The van der Waals surface area contributed by atoms with Gasteiger partial charge >= 0.3 is 0 Å². The van der Waals surface area contributed by atoms with Crippen molar-refractivity contribution in [3.63, 3.8) is 0 Å². The summed E-state index contributed by atoms with van der Waals surface area (Å²) in [5, 5.41) is 3.04. The Morgan fingerprint density at radius 3 is 2.71 bits per heavy atom. The molecule has 31 heavy (non-hydrogen) atoms. The average Bonchev–Trinajstić information content (AvgIpc) is 3.28. The molecule has 7 nitrogen and oxygen atoms in total. The van der Waals surface area contributed by atoms with Gasteiger partial charge in [0, 0.05) is 31.5 Å². The third kappa shape index (κ3) is 3.38. The van der Waals surface area contributed by atoms with Crippen LogP contribution < -0.4 is 14.8 Å². The molecule has 0 aliphatic carbocycles. The van der Waals surface area contributed by atoms with Crippen molar-refractivity contribution in [1.82, 2.24) is 15.2 Å². The second-order valence-corrected chi connectivity index (χ2v) is 7.61. The van der Waals surface area contributed by atoms with Crippen molar-refractivity contribution in [1.29, 1.82) is 0 Å². The van der Waals surface area contributed by atoms with E-state index in [4.69, 9.17) is 9.47 Å².